The lowest BCUT2D eigenvalue weighted by Crippen LogP contribution is -2.46. The zero-order valence-electron chi connectivity index (χ0n) is 15.9. The monoisotopic (exact) mass is 400 g/mol. The molecule has 4 rings (SSSR count). The van der Waals surface area contributed by atoms with E-state index in [0.717, 1.165) is 36.6 Å². The number of aryl methyl sites for hydroxylation is 1. The van der Waals surface area contributed by atoms with Crippen LogP contribution in [0.25, 0.3) is 10.7 Å². The average Bonchev–Trinajstić information content (AvgIpc) is 3.47. The van der Waals surface area contributed by atoms with E-state index in [-0.39, 0.29) is 11.9 Å². The maximum atomic E-state index is 13.0. The van der Waals surface area contributed by atoms with E-state index < -0.39 is 0 Å². The van der Waals surface area contributed by atoms with Crippen molar-refractivity contribution in [1.29, 1.82) is 0 Å². The van der Waals surface area contributed by atoms with Gasteiger partial charge in [0.15, 0.2) is 0 Å². The highest BCUT2D eigenvalue weighted by atomic mass is 32.1. The number of hydrogen-bond donors (Lipinski definition) is 0. The van der Waals surface area contributed by atoms with E-state index in [1.54, 1.807) is 17.6 Å². The van der Waals surface area contributed by atoms with Crippen LogP contribution in [0.5, 0.6) is 0 Å². The quantitative estimate of drug-likeness (QED) is 0.605. The van der Waals surface area contributed by atoms with Gasteiger partial charge < -0.3 is 18.7 Å². The molecule has 4 heterocycles. The summed E-state index contributed by atoms with van der Waals surface area (Å²) < 4.78 is 10.8. The fourth-order valence-electron chi connectivity index (χ4n) is 3.52. The Morgan fingerprint density at radius 3 is 2.89 bits per heavy atom. The van der Waals surface area contributed by atoms with Crippen molar-refractivity contribution in [3.8, 4) is 10.7 Å². The molecule has 7 nitrogen and oxygen atoms in total. The minimum Gasteiger partial charge on any atom is -0.467 e. The summed E-state index contributed by atoms with van der Waals surface area (Å²) in [5.41, 5.74) is 0. The Labute approximate surface area is 167 Å². The van der Waals surface area contributed by atoms with Crippen molar-refractivity contribution in [1.82, 2.24) is 19.9 Å². The number of piperidine rings is 1. The van der Waals surface area contributed by atoms with E-state index in [1.807, 2.05) is 34.5 Å². The van der Waals surface area contributed by atoms with Gasteiger partial charge in [-0.25, -0.2) is 0 Å². The zero-order chi connectivity index (χ0) is 19.3. The molecule has 0 atom stereocenters. The summed E-state index contributed by atoms with van der Waals surface area (Å²) in [7, 11) is 2.12. The third kappa shape index (κ3) is 4.51. The Morgan fingerprint density at radius 2 is 2.18 bits per heavy atom. The van der Waals surface area contributed by atoms with Crippen LogP contribution in [0, 0.1) is 0 Å². The molecular formula is C20H24N4O3S. The van der Waals surface area contributed by atoms with Crippen LogP contribution in [0.3, 0.4) is 0 Å². The maximum Gasteiger partial charge on any atom is 0.227 e. The summed E-state index contributed by atoms with van der Waals surface area (Å²) in [5, 5.41) is 5.99. The first-order valence-electron chi connectivity index (χ1n) is 9.56. The van der Waals surface area contributed by atoms with Crippen LogP contribution in [0.15, 0.2) is 44.8 Å². The van der Waals surface area contributed by atoms with Gasteiger partial charge in [-0.3, -0.25) is 4.79 Å². The third-order valence-electron chi connectivity index (χ3n) is 5.12. The molecule has 0 unspecified atom stereocenters. The third-order valence-corrected chi connectivity index (χ3v) is 5.98. The molecule has 1 amide bonds. The molecule has 1 aliphatic rings. The van der Waals surface area contributed by atoms with Crippen LogP contribution >= 0.6 is 11.3 Å². The minimum absolute atomic E-state index is 0.0989. The molecule has 1 aliphatic heterocycles. The lowest BCUT2D eigenvalue weighted by atomic mass is 10.0. The van der Waals surface area contributed by atoms with Gasteiger partial charge in [0.25, 0.3) is 0 Å². The van der Waals surface area contributed by atoms with Gasteiger partial charge in [-0.2, -0.15) is 4.98 Å². The molecular weight excluding hydrogens is 376 g/mol. The first kappa shape index (κ1) is 18.9. The number of likely N-dealkylation sites (tertiary alicyclic amines) is 1. The van der Waals surface area contributed by atoms with E-state index in [1.165, 1.54) is 0 Å². The maximum absolute atomic E-state index is 13.0. The van der Waals surface area contributed by atoms with Gasteiger partial charge in [0.1, 0.15) is 5.76 Å². The van der Waals surface area contributed by atoms with Crippen LogP contribution in [-0.2, 0) is 17.8 Å². The number of carbonyl (C=O) groups is 1. The Kier molecular flexibility index (Phi) is 5.87. The van der Waals surface area contributed by atoms with Crippen LogP contribution in [-0.4, -0.2) is 52.0 Å². The predicted molar refractivity (Wildman–Crippen MR) is 106 cm³/mol. The highest BCUT2D eigenvalue weighted by molar-refractivity contribution is 7.13. The molecule has 8 heteroatoms. The molecule has 0 spiro atoms. The van der Waals surface area contributed by atoms with Gasteiger partial charge in [-0.15, -0.1) is 11.3 Å². The van der Waals surface area contributed by atoms with Gasteiger partial charge in [-0.1, -0.05) is 11.2 Å². The highest BCUT2D eigenvalue weighted by Gasteiger charge is 2.28. The van der Waals surface area contributed by atoms with Crippen molar-refractivity contribution in [2.75, 3.05) is 20.1 Å². The number of hydrogen-bond acceptors (Lipinski definition) is 7. The first-order valence-corrected chi connectivity index (χ1v) is 10.4. The lowest BCUT2D eigenvalue weighted by Gasteiger charge is -2.37. The van der Waals surface area contributed by atoms with Gasteiger partial charge in [0, 0.05) is 18.9 Å². The van der Waals surface area contributed by atoms with E-state index in [0.29, 0.717) is 31.1 Å². The van der Waals surface area contributed by atoms with Crippen LogP contribution in [0.1, 0.15) is 30.9 Å². The fraction of sp³-hybridized carbons (Fsp3) is 0.450. The van der Waals surface area contributed by atoms with Crippen molar-refractivity contribution < 1.29 is 13.7 Å². The second-order valence-electron chi connectivity index (χ2n) is 7.12. The lowest BCUT2D eigenvalue weighted by molar-refractivity contribution is -0.135. The summed E-state index contributed by atoms with van der Waals surface area (Å²) in [5.74, 6) is 1.99. The summed E-state index contributed by atoms with van der Waals surface area (Å²) >= 11 is 1.57. The Balaban J connectivity index is 1.40. The SMILES string of the molecule is CN1CCC(N(Cc2ccco2)C(=O)CCc2nc(-c3cccs3)no2)CC1. The Hall–Kier alpha value is -2.45. The normalized spacial score (nSPS) is 15.8. The number of amides is 1. The average molecular weight is 401 g/mol. The molecule has 0 N–H and O–H groups in total. The van der Waals surface area contributed by atoms with E-state index in [2.05, 4.69) is 22.1 Å². The van der Waals surface area contributed by atoms with Gasteiger partial charge in [0.2, 0.25) is 17.6 Å². The Morgan fingerprint density at radius 1 is 1.32 bits per heavy atom. The van der Waals surface area contributed by atoms with Crippen LogP contribution < -0.4 is 0 Å². The molecule has 1 fully saturated rings. The molecule has 0 aromatic carbocycles. The molecule has 3 aromatic rings. The number of furan rings is 1. The second-order valence-corrected chi connectivity index (χ2v) is 8.07. The van der Waals surface area contributed by atoms with Crippen molar-refractivity contribution in [3.63, 3.8) is 0 Å². The van der Waals surface area contributed by atoms with Crippen molar-refractivity contribution in [2.45, 2.75) is 38.3 Å². The smallest absolute Gasteiger partial charge is 0.227 e. The van der Waals surface area contributed by atoms with Crippen molar-refractivity contribution in [2.24, 2.45) is 0 Å². The van der Waals surface area contributed by atoms with Crippen LogP contribution in [0.2, 0.25) is 0 Å². The number of rotatable bonds is 7. The first-order chi connectivity index (χ1) is 13.7. The largest absolute Gasteiger partial charge is 0.467 e. The number of thiophene rings is 1. The molecule has 0 aliphatic carbocycles. The molecule has 28 heavy (non-hydrogen) atoms. The minimum atomic E-state index is 0.0989. The van der Waals surface area contributed by atoms with E-state index >= 15 is 0 Å². The van der Waals surface area contributed by atoms with Gasteiger partial charge in [-0.05, 0) is 56.6 Å². The Bertz CT molecular complexity index is 867. The number of nitrogens with zero attached hydrogens (tertiary/aromatic N) is 4. The van der Waals surface area contributed by atoms with E-state index in [9.17, 15) is 4.79 Å². The molecule has 1 saturated heterocycles. The summed E-state index contributed by atoms with van der Waals surface area (Å²) in [6, 6.07) is 7.92. The topological polar surface area (TPSA) is 75.6 Å². The highest BCUT2D eigenvalue weighted by Crippen LogP contribution is 2.23. The zero-order valence-corrected chi connectivity index (χ0v) is 16.7. The molecule has 148 valence electrons. The summed E-state index contributed by atoms with van der Waals surface area (Å²) in [6.07, 6.45) is 4.40. The van der Waals surface area contributed by atoms with Gasteiger partial charge in [0.05, 0.1) is 17.7 Å². The standard InChI is InChI=1S/C20H24N4O3S/c1-23-10-8-15(9-11-23)24(14-16-4-2-12-26-16)19(25)7-6-18-21-20(22-27-18)17-5-3-13-28-17/h2-5,12-13,15H,6-11,14H2,1H3. The number of aromatic nitrogens is 2. The molecule has 0 bridgehead atoms. The van der Waals surface area contributed by atoms with Crippen LogP contribution in [0.4, 0.5) is 0 Å². The van der Waals surface area contributed by atoms with E-state index in [4.69, 9.17) is 8.94 Å². The molecule has 0 radical (unpaired) electrons. The fourth-order valence-corrected chi connectivity index (χ4v) is 4.17. The van der Waals surface area contributed by atoms with Crippen molar-refractivity contribution >= 4 is 17.2 Å². The molecule has 0 saturated carbocycles. The summed E-state index contributed by atoms with van der Waals surface area (Å²) in [6.45, 7) is 2.51. The van der Waals surface area contributed by atoms with Gasteiger partial charge >= 0.3 is 0 Å². The summed E-state index contributed by atoms with van der Waals surface area (Å²) in [4.78, 5) is 22.7. The number of carbonyl (C=O) groups excluding carboxylic acids is 1. The van der Waals surface area contributed by atoms with Crippen molar-refractivity contribution in [3.05, 3.63) is 47.6 Å². The predicted octanol–water partition coefficient (Wildman–Crippen LogP) is 3.45. The molecule has 3 aromatic heterocycles. The second kappa shape index (κ2) is 8.70.